The zero-order valence-corrected chi connectivity index (χ0v) is 19.8. The first kappa shape index (κ1) is 24.7. The van der Waals surface area contributed by atoms with Crippen LogP contribution in [0.1, 0.15) is 63.7 Å². The Kier molecular flexibility index (Phi) is 8.36. The predicted octanol–water partition coefficient (Wildman–Crippen LogP) is 3.59. The summed E-state index contributed by atoms with van der Waals surface area (Å²) in [6.45, 7) is 1.90. The highest BCUT2D eigenvalue weighted by Crippen LogP contribution is 2.21. The summed E-state index contributed by atoms with van der Waals surface area (Å²) < 4.78 is 18.7. The quantitative estimate of drug-likeness (QED) is 0.405. The molecule has 4 rings (SSSR count). The van der Waals surface area contributed by atoms with E-state index < -0.39 is 12.1 Å². The fourth-order valence-corrected chi connectivity index (χ4v) is 4.32. The first-order chi connectivity index (χ1) is 17.0. The lowest BCUT2D eigenvalue weighted by Crippen LogP contribution is -2.49. The lowest BCUT2D eigenvalue weighted by atomic mass is 10.0. The van der Waals surface area contributed by atoms with Gasteiger partial charge in [-0.1, -0.05) is 32.6 Å². The number of hydrogen-bond acceptors (Lipinski definition) is 7. The normalized spacial score (nSPS) is 15.7. The van der Waals surface area contributed by atoms with Crippen molar-refractivity contribution < 1.29 is 18.4 Å². The molecule has 0 aliphatic heterocycles. The van der Waals surface area contributed by atoms with Crippen molar-refractivity contribution in [3.05, 3.63) is 54.2 Å². The second-order valence-corrected chi connectivity index (χ2v) is 8.92. The standard InChI is InChI=1S/C25H31FN6O3/c1-2-3-9-20(25(34)27-19-7-4-5-8-19)28-23(22-10-6-15-35-22)21(33)16-32-30-24(29-31-32)17-11-13-18(26)14-12-17/h6,10-15,19-20,23,28H,2-5,7-9,16H2,1H3,(H,27,34). The molecule has 1 saturated carbocycles. The molecule has 2 aromatic heterocycles. The number of carbonyl (C=O) groups is 2. The fraction of sp³-hybridized carbons (Fsp3) is 0.480. The van der Waals surface area contributed by atoms with Crippen LogP contribution in [0, 0.1) is 5.82 Å². The number of nitrogens with one attached hydrogen (secondary N) is 2. The van der Waals surface area contributed by atoms with Gasteiger partial charge in [0.2, 0.25) is 11.7 Å². The number of ketones is 1. The van der Waals surface area contributed by atoms with Gasteiger partial charge in [0.25, 0.3) is 0 Å². The summed E-state index contributed by atoms with van der Waals surface area (Å²) in [6, 6.07) is 7.94. The average Bonchev–Trinajstić information content (AvgIpc) is 3.63. The zero-order chi connectivity index (χ0) is 24.6. The SMILES string of the molecule is CCCCC(NC(C(=O)Cn1nnc(-c2ccc(F)cc2)n1)c1ccco1)C(=O)NC1CCCC1. The van der Waals surface area contributed by atoms with Gasteiger partial charge in [0.15, 0.2) is 5.78 Å². The molecule has 1 aliphatic carbocycles. The summed E-state index contributed by atoms with van der Waals surface area (Å²) in [7, 11) is 0. The molecule has 0 saturated heterocycles. The lowest BCUT2D eigenvalue weighted by Gasteiger charge is -2.25. The van der Waals surface area contributed by atoms with Crippen LogP contribution in [0.3, 0.4) is 0 Å². The van der Waals surface area contributed by atoms with Crippen LogP contribution in [0.5, 0.6) is 0 Å². The zero-order valence-electron chi connectivity index (χ0n) is 19.8. The Hall–Kier alpha value is -3.40. The van der Waals surface area contributed by atoms with Gasteiger partial charge in [-0.2, -0.15) is 4.80 Å². The van der Waals surface area contributed by atoms with E-state index in [9.17, 15) is 14.0 Å². The van der Waals surface area contributed by atoms with Crippen molar-refractivity contribution >= 4 is 11.7 Å². The Bertz CT molecular complexity index is 1090. The molecule has 2 N–H and O–H groups in total. The molecule has 3 aromatic rings. The fourth-order valence-electron chi connectivity index (χ4n) is 4.32. The lowest BCUT2D eigenvalue weighted by molar-refractivity contribution is -0.126. The van der Waals surface area contributed by atoms with Gasteiger partial charge in [0.05, 0.1) is 12.3 Å². The third-order valence-electron chi connectivity index (χ3n) is 6.23. The number of halogens is 1. The number of nitrogens with zero attached hydrogens (tertiary/aromatic N) is 4. The van der Waals surface area contributed by atoms with Crippen LogP contribution < -0.4 is 10.6 Å². The van der Waals surface area contributed by atoms with Crippen molar-refractivity contribution in [2.75, 3.05) is 0 Å². The molecule has 35 heavy (non-hydrogen) atoms. The van der Waals surface area contributed by atoms with Crippen molar-refractivity contribution in [2.24, 2.45) is 0 Å². The van der Waals surface area contributed by atoms with E-state index in [1.165, 1.54) is 23.2 Å². The molecule has 2 unspecified atom stereocenters. The Morgan fingerprint density at radius 1 is 1.20 bits per heavy atom. The van der Waals surface area contributed by atoms with Gasteiger partial charge in [0, 0.05) is 11.6 Å². The summed E-state index contributed by atoms with van der Waals surface area (Å²) in [5.41, 5.74) is 0.592. The Balaban J connectivity index is 1.48. The van der Waals surface area contributed by atoms with Crippen molar-refractivity contribution in [2.45, 2.75) is 76.5 Å². The number of furan rings is 1. The summed E-state index contributed by atoms with van der Waals surface area (Å²) in [5.74, 6) is -0.00950. The number of unbranched alkanes of at least 4 members (excludes halogenated alkanes) is 1. The molecule has 0 bridgehead atoms. The van der Waals surface area contributed by atoms with Gasteiger partial charge < -0.3 is 9.73 Å². The molecule has 1 fully saturated rings. The number of amides is 1. The Morgan fingerprint density at radius 2 is 1.97 bits per heavy atom. The van der Waals surface area contributed by atoms with Gasteiger partial charge in [-0.05, 0) is 60.9 Å². The molecule has 0 spiro atoms. The molecule has 2 heterocycles. The van der Waals surface area contributed by atoms with Crippen LogP contribution in [0.25, 0.3) is 11.4 Å². The van der Waals surface area contributed by atoms with Crippen molar-refractivity contribution in [3.63, 3.8) is 0 Å². The minimum atomic E-state index is -0.846. The minimum absolute atomic E-state index is 0.0906. The number of rotatable bonds is 12. The second-order valence-electron chi connectivity index (χ2n) is 8.92. The van der Waals surface area contributed by atoms with E-state index in [1.54, 1.807) is 24.3 Å². The first-order valence-electron chi connectivity index (χ1n) is 12.2. The second kappa shape index (κ2) is 11.8. The van der Waals surface area contributed by atoms with Gasteiger partial charge in [0.1, 0.15) is 24.2 Å². The number of Topliss-reactive ketones (excluding diaryl/α,β-unsaturated/α-hetero) is 1. The molecule has 9 nitrogen and oxygen atoms in total. The van der Waals surface area contributed by atoms with Crippen LogP contribution in [0.4, 0.5) is 4.39 Å². The van der Waals surface area contributed by atoms with Crippen molar-refractivity contribution in [1.82, 2.24) is 30.8 Å². The summed E-state index contributed by atoms with van der Waals surface area (Å²) >= 11 is 0. The highest BCUT2D eigenvalue weighted by molar-refractivity contribution is 5.87. The molecule has 2 atom stereocenters. The molecule has 186 valence electrons. The van der Waals surface area contributed by atoms with Gasteiger partial charge >= 0.3 is 0 Å². The average molecular weight is 483 g/mol. The third kappa shape index (κ3) is 6.60. The number of hydrogen-bond donors (Lipinski definition) is 2. The van der Waals surface area contributed by atoms with E-state index in [1.807, 2.05) is 0 Å². The highest BCUT2D eigenvalue weighted by Gasteiger charge is 2.31. The van der Waals surface area contributed by atoms with Crippen molar-refractivity contribution in [3.8, 4) is 11.4 Å². The molecular formula is C25H31FN6O3. The number of benzene rings is 1. The van der Waals surface area contributed by atoms with Gasteiger partial charge in [-0.25, -0.2) is 4.39 Å². The Labute approximate surface area is 203 Å². The summed E-state index contributed by atoms with van der Waals surface area (Å²) in [5, 5.41) is 18.6. The van der Waals surface area contributed by atoms with Crippen LogP contribution >= 0.6 is 0 Å². The molecule has 10 heteroatoms. The predicted molar refractivity (Wildman–Crippen MR) is 127 cm³/mol. The summed E-state index contributed by atoms with van der Waals surface area (Å²) in [6.07, 6.45) is 8.10. The number of tetrazole rings is 1. The Morgan fingerprint density at radius 3 is 2.66 bits per heavy atom. The van der Waals surface area contributed by atoms with E-state index in [4.69, 9.17) is 4.42 Å². The maximum absolute atomic E-state index is 13.3. The third-order valence-corrected chi connectivity index (χ3v) is 6.23. The van der Waals surface area contributed by atoms with E-state index >= 15 is 0 Å². The van der Waals surface area contributed by atoms with Crippen LogP contribution in [-0.4, -0.2) is 44.0 Å². The number of carbonyl (C=O) groups excluding carboxylic acids is 2. The van der Waals surface area contributed by atoms with Gasteiger partial charge in [-0.3, -0.25) is 14.9 Å². The van der Waals surface area contributed by atoms with E-state index in [-0.39, 0.29) is 35.9 Å². The van der Waals surface area contributed by atoms with Crippen molar-refractivity contribution in [1.29, 1.82) is 0 Å². The highest BCUT2D eigenvalue weighted by atomic mass is 19.1. The maximum atomic E-state index is 13.3. The smallest absolute Gasteiger partial charge is 0.237 e. The van der Waals surface area contributed by atoms with E-state index in [0.717, 1.165) is 38.5 Å². The first-order valence-corrected chi connectivity index (χ1v) is 12.2. The molecule has 0 radical (unpaired) electrons. The number of aromatic nitrogens is 4. The van der Waals surface area contributed by atoms with Gasteiger partial charge in [-0.15, -0.1) is 10.2 Å². The largest absolute Gasteiger partial charge is 0.467 e. The molecule has 1 aliphatic rings. The molecule has 1 amide bonds. The molecular weight excluding hydrogens is 451 g/mol. The van der Waals surface area contributed by atoms with Crippen LogP contribution in [0.2, 0.25) is 0 Å². The van der Waals surface area contributed by atoms with E-state index in [2.05, 4.69) is 33.0 Å². The van der Waals surface area contributed by atoms with Crippen LogP contribution in [-0.2, 0) is 16.1 Å². The van der Waals surface area contributed by atoms with E-state index in [0.29, 0.717) is 17.7 Å². The topological polar surface area (TPSA) is 115 Å². The monoisotopic (exact) mass is 482 g/mol. The maximum Gasteiger partial charge on any atom is 0.237 e. The summed E-state index contributed by atoms with van der Waals surface area (Å²) in [4.78, 5) is 27.6. The minimum Gasteiger partial charge on any atom is -0.467 e. The molecule has 1 aromatic carbocycles. The van der Waals surface area contributed by atoms with Crippen LogP contribution in [0.15, 0.2) is 47.1 Å².